The van der Waals surface area contributed by atoms with E-state index in [4.69, 9.17) is 0 Å². The maximum Gasteiger partial charge on any atom is 0.127 e. The van der Waals surface area contributed by atoms with Crippen molar-refractivity contribution in [2.75, 3.05) is 40.8 Å². The topological polar surface area (TPSA) is 23.6 Å². The number of rotatable bonds is 6. The van der Waals surface area contributed by atoms with E-state index < -0.39 is 0 Å². The quantitative estimate of drug-likeness (QED) is 0.662. The van der Waals surface area contributed by atoms with E-state index >= 15 is 0 Å². The van der Waals surface area contributed by atoms with E-state index in [2.05, 4.69) is 37.9 Å². The van der Waals surface area contributed by atoms with Gasteiger partial charge in [-0.05, 0) is 52.7 Å². The summed E-state index contributed by atoms with van der Waals surface area (Å²) < 4.78 is 0. The summed E-state index contributed by atoms with van der Waals surface area (Å²) >= 11 is 0. The van der Waals surface area contributed by atoms with Crippen molar-refractivity contribution < 1.29 is 4.79 Å². The van der Waals surface area contributed by atoms with Crippen molar-refractivity contribution >= 4 is 6.29 Å². The fraction of sp³-hybridized carbons (Fsp3) is 0.929. The van der Waals surface area contributed by atoms with Gasteiger partial charge in [-0.15, -0.1) is 0 Å². The SMILES string of the molecule is CC1CCC(C=O)(CN(C)CCN(C)C)CC1. The first-order valence-corrected chi connectivity index (χ1v) is 6.77. The van der Waals surface area contributed by atoms with Crippen LogP contribution < -0.4 is 0 Å². The predicted octanol–water partition coefficient (Wildman–Crippen LogP) is 1.88. The molecule has 3 nitrogen and oxygen atoms in total. The highest BCUT2D eigenvalue weighted by Crippen LogP contribution is 2.37. The van der Waals surface area contributed by atoms with E-state index in [0.29, 0.717) is 0 Å². The Hall–Kier alpha value is -0.410. The molecule has 0 N–H and O–H groups in total. The summed E-state index contributed by atoms with van der Waals surface area (Å²) in [5, 5.41) is 0. The molecule has 0 radical (unpaired) electrons. The smallest absolute Gasteiger partial charge is 0.127 e. The Morgan fingerprint density at radius 2 is 1.76 bits per heavy atom. The summed E-state index contributed by atoms with van der Waals surface area (Å²) in [6, 6.07) is 0. The molecule has 0 aliphatic heterocycles. The molecule has 0 aromatic rings. The Bertz CT molecular complexity index is 232. The van der Waals surface area contributed by atoms with Gasteiger partial charge < -0.3 is 14.6 Å². The molecule has 0 atom stereocenters. The molecule has 0 unspecified atom stereocenters. The van der Waals surface area contributed by atoms with Crippen molar-refractivity contribution in [3.05, 3.63) is 0 Å². The van der Waals surface area contributed by atoms with Gasteiger partial charge in [0.2, 0.25) is 0 Å². The molecule has 0 bridgehead atoms. The molecule has 0 aromatic heterocycles. The third kappa shape index (κ3) is 4.76. The summed E-state index contributed by atoms with van der Waals surface area (Å²) in [5.74, 6) is 0.801. The van der Waals surface area contributed by atoms with Crippen molar-refractivity contribution in [1.29, 1.82) is 0 Å². The minimum absolute atomic E-state index is 0.0619. The van der Waals surface area contributed by atoms with Gasteiger partial charge >= 0.3 is 0 Å². The van der Waals surface area contributed by atoms with Crippen LogP contribution in [0.1, 0.15) is 32.6 Å². The van der Waals surface area contributed by atoms with Crippen molar-refractivity contribution in [1.82, 2.24) is 9.80 Å². The molecule has 1 aliphatic rings. The zero-order valence-corrected chi connectivity index (χ0v) is 11.9. The van der Waals surface area contributed by atoms with Crippen LogP contribution in [0.25, 0.3) is 0 Å². The number of nitrogens with zero attached hydrogens (tertiary/aromatic N) is 2. The normalized spacial score (nSPS) is 29.9. The number of hydrogen-bond donors (Lipinski definition) is 0. The average Bonchev–Trinajstić information content (AvgIpc) is 2.30. The zero-order chi connectivity index (χ0) is 12.9. The Kier molecular flexibility index (Phi) is 5.60. The highest BCUT2D eigenvalue weighted by molar-refractivity contribution is 5.60. The molecule has 1 aliphatic carbocycles. The lowest BCUT2D eigenvalue weighted by Crippen LogP contribution is -2.41. The number of carbonyl (C=O) groups is 1. The first kappa shape index (κ1) is 14.7. The van der Waals surface area contributed by atoms with Crippen molar-refractivity contribution in [2.24, 2.45) is 11.3 Å². The second-order valence-electron chi connectivity index (χ2n) is 6.20. The largest absolute Gasteiger partial charge is 0.308 e. The van der Waals surface area contributed by atoms with Crippen molar-refractivity contribution in [3.8, 4) is 0 Å². The molecule has 0 spiro atoms. The third-order valence-electron chi connectivity index (χ3n) is 4.03. The van der Waals surface area contributed by atoms with Gasteiger partial charge in [-0.2, -0.15) is 0 Å². The summed E-state index contributed by atoms with van der Waals surface area (Å²) in [6.45, 7) is 5.32. The summed E-state index contributed by atoms with van der Waals surface area (Å²) in [5.41, 5.74) is -0.0619. The van der Waals surface area contributed by atoms with E-state index in [9.17, 15) is 4.79 Å². The Morgan fingerprint density at radius 1 is 1.18 bits per heavy atom. The average molecular weight is 240 g/mol. The standard InChI is InChI=1S/C14H28N2O/c1-13-5-7-14(12-17,8-6-13)11-16(4)10-9-15(2)3/h12-13H,5-11H2,1-4H3. The molecule has 1 saturated carbocycles. The molecule has 100 valence electrons. The van der Waals surface area contributed by atoms with Crippen LogP contribution in [0, 0.1) is 11.3 Å². The van der Waals surface area contributed by atoms with E-state index in [1.165, 1.54) is 19.1 Å². The van der Waals surface area contributed by atoms with Crippen LogP contribution in [-0.2, 0) is 4.79 Å². The maximum atomic E-state index is 11.4. The molecule has 0 heterocycles. The summed E-state index contributed by atoms with van der Waals surface area (Å²) in [7, 11) is 6.31. The Morgan fingerprint density at radius 3 is 2.24 bits per heavy atom. The van der Waals surface area contributed by atoms with Gasteiger partial charge in [-0.3, -0.25) is 0 Å². The summed E-state index contributed by atoms with van der Waals surface area (Å²) in [4.78, 5) is 15.9. The Labute approximate surface area is 106 Å². The summed E-state index contributed by atoms with van der Waals surface area (Å²) in [6.07, 6.45) is 5.79. The van der Waals surface area contributed by atoms with Crippen LogP contribution in [0.4, 0.5) is 0 Å². The number of hydrogen-bond acceptors (Lipinski definition) is 3. The minimum Gasteiger partial charge on any atom is -0.308 e. The van der Waals surface area contributed by atoms with Gasteiger partial charge in [-0.25, -0.2) is 0 Å². The second kappa shape index (κ2) is 6.50. The van der Waals surface area contributed by atoms with Gasteiger partial charge in [-0.1, -0.05) is 6.92 Å². The molecule has 1 fully saturated rings. The van der Waals surface area contributed by atoms with Gasteiger partial charge in [0.15, 0.2) is 0 Å². The minimum atomic E-state index is -0.0619. The van der Waals surface area contributed by atoms with E-state index in [1.807, 2.05) is 0 Å². The fourth-order valence-corrected chi connectivity index (χ4v) is 2.64. The van der Waals surface area contributed by atoms with Crippen LogP contribution in [-0.4, -0.2) is 56.9 Å². The second-order valence-corrected chi connectivity index (χ2v) is 6.20. The van der Waals surface area contributed by atoms with Crippen LogP contribution in [0.2, 0.25) is 0 Å². The predicted molar refractivity (Wildman–Crippen MR) is 72.2 cm³/mol. The first-order chi connectivity index (χ1) is 7.97. The molecule has 0 aromatic carbocycles. The number of carbonyl (C=O) groups excluding carboxylic acids is 1. The van der Waals surface area contributed by atoms with Crippen molar-refractivity contribution in [2.45, 2.75) is 32.6 Å². The molecule has 17 heavy (non-hydrogen) atoms. The zero-order valence-electron chi connectivity index (χ0n) is 11.9. The lowest BCUT2D eigenvalue weighted by molar-refractivity contribution is -0.119. The van der Waals surface area contributed by atoms with Gasteiger partial charge in [0.05, 0.1) is 0 Å². The molecular weight excluding hydrogens is 212 g/mol. The highest BCUT2D eigenvalue weighted by atomic mass is 16.1. The van der Waals surface area contributed by atoms with Crippen LogP contribution in [0.15, 0.2) is 0 Å². The third-order valence-corrected chi connectivity index (χ3v) is 4.03. The van der Waals surface area contributed by atoms with E-state index in [0.717, 1.165) is 38.4 Å². The molecular formula is C14H28N2O. The van der Waals surface area contributed by atoms with Gasteiger partial charge in [0.1, 0.15) is 6.29 Å². The maximum absolute atomic E-state index is 11.4. The van der Waals surface area contributed by atoms with Crippen LogP contribution in [0.5, 0.6) is 0 Å². The van der Waals surface area contributed by atoms with Crippen LogP contribution in [0.3, 0.4) is 0 Å². The van der Waals surface area contributed by atoms with E-state index in [1.54, 1.807) is 0 Å². The molecule has 3 heteroatoms. The lowest BCUT2D eigenvalue weighted by atomic mass is 9.71. The van der Waals surface area contributed by atoms with Crippen LogP contribution >= 0.6 is 0 Å². The fourth-order valence-electron chi connectivity index (χ4n) is 2.64. The van der Waals surface area contributed by atoms with Gasteiger partial charge in [0, 0.05) is 25.0 Å². The molecule has 0 amide bonds. The van der Waals surface area contributed by atoms with Crippen molar-refractivity contribution in [3.63, 3.8) is 0 Å². The number of aldehydes is 1. The van der Waals surface area contributed by atoms with Gasteiger partial charge in [0.25, 0.3) is 0 Å². The monoisotopic (exact) mass is 240 g/mol. The number of likely N-dealkylation sites (N-methyl/N-ethyl adjacent to an activating group) is 2. The van der Waals surface area contributed by atoms with E-state index in [-0.39, 0.29) is 5.41 Å². The first-order valence-electron chi connectivity index (χ1n) is 6.77. The molecule has 1 rings (SSSR count). The highest BCUT2D eigenvalue weighted by Gasteiger charge is 2.34. The lowest BCUT2D eigenvalue weighted by Gasteiger charge is -2.38. The Balaban J connectivity index is 2.43. The molecule has 0 saturated heterocycles.